The highest BCUT2D eigenvalue weighted by Crippen LogP contribution is 2.37. The summed E-state index contributed by atoms with van der Waals surface area (Å²) in [5.74, 6) is -0.548. The van der Waals surface area contributed by atoms with Crippen molar-refractivity contribution < 1.29 is 14.6 Å². The first kappa shape index (κ1) is 15.5. The summed E-state index contributed by atoms with van der Waals surface area (Å²) in [7, 11) is 1.49. The van der Waals surface area contributed by atoms with E-state index >= 15 is 0 Å². The van der Waals surface area contributed by atoms with Gasteiger partial charge in [0.25, 0.3) is 0 Å². The summed E-state index contributed by atoms with van der Waals surface area (Å²) in [6.45, 7) is 10.9. The van der Waals surface area contributed by atoms with E-state index in [9.17, 15) is 9.90 Å². The molecule has 1 aromatic rings. The van der Waals surface area contributed by atoms with Crippen LogP contribution in [-0.2, 0) is 5.41 Å². The number of ether oxygens (including phenoxy) is 1. The second kappa shape index (κ2) is 5.24. The van der Waals surface area contributed by atoms with Crippen molar-refractivity contribution in [2.75, 3.05) is 7.11 Å². The topological polar surface area (TPSA) is 46.5 Å². The third kappa shape index (κ3) is 3.98. The fraction of sp³-hybridized carbons (Fsp3) is 0.562. The lowest BCUT2D eigenvalue weighted by atomic mass is 9.72. The fourth-order valence-electron chi connectivity index (χ4n) is 2.72. The van der Waals surface area contributed by atoms with Crippen molar-refractivity contribution in [3.63, 3.8) is 0 Å². The molecule has 19 heavy (non-hydrogen) atoms. The van der Waals surface area contributed by atoms with Crippen molar-refractivity contribution in [2.45, 2.75) is 46.5 Å². The van der Waals surface area contributed by atoms with E-state index in [2.05, 4.69) is 34.6 Å². The minimum atomic E-state index is -0.953. The normalized spacial score (nSPS) is 12.3. The van der Waals surface area contributed by atoms with Crippen LogP contribution in [0.25, 0.3) is 0 Å². The third-order valence-corrected chi connectivity index (χ3v) is 3.18. The number of rotatable bonds is 4. The van der Waals surface area contributed by atoms with Crippen molar-refractivity contribution in [3.05, 3.63) is 29.3 Å². The van der Waals surface area contributed by atoms with Crippen molar-refractivity contribution in [2.24, 2.45) is 5.41 Å². The molecule has 0 atom stereocenters. The van der Waals surface area contributed by atoms with Gasteiger partial charge < -0.3 is 9.84 Å². The first-order valence-corrected chi connectivity index (χ1v) is 6.49. The third-order valence-electron chi connectivity index (χ3n) is 3.18. The summed E-state index contributed by atoms with van der Waals surface area (Å²) in [5, 5.41) is 9.24. The highest BCUT2D eigenvalue weighted by atomic mass is 16.5. The average Bonchev–Trinajstić information content (AvgIpc) is 2.24. The number of aromatic carboxylic acids is 1. The quantitative estimate of drug-likeness (QED) is 0.890. The van der Waals surface area contributed by atoms with E-state index in [0.717, 1.165) is 12.0 Å². The monoisotopic (exact) mass is 264 g/mol. The molecule has 0 aliphatic carbocycles. The lowest BCUT2D eigenvalue weighted by Gasteiger charge is -2.33. The molecule has 0 radical (unpaired) electrons. The SMILES string of the molecule is COc1ccc(C(C)(C)CC(C)(C)C)cc1C(=O)O. The van der Waals surface area contributed by atoms with Gasteiger partial charge in [-0.3, -0.25) is 0 Å². The Morgan fingerprint density at radius 2 is 1.79 bits per heavy atom. The summed E-state index contributed by atoms with van der Waals surface area (Å²) < 4.78 is 5.09. The van der Waals surface area contributed by atoms with Crippen LogP contribution in [0.5, 0.6) is 5.75 Å². The average molecular weight is 264 g/mol. The van der Waals surface area contributed by atoms with Gasteiger partial charge in [0, 0.05) is 0 Å². The van der Waals surface area contributed by atoms with Gasteiger partial charge in [0.05, 0.1) is 7.11 Å². The Morgan fingerprint density at radius 1 is 1.21 bits per heavy atom. The molecule has 0 saturated carbocycles. The highest BCUT2D eigenvalue weighted by molar-refractivity contribution is 5.91. The van der Waals surface area contributed by atoms with Crippen LogP contribution in [0.1, 0.15) is 57.0 Å². The minimum Gasteiger partial charge on any atom is -0.496 e. The maximum Gasteiger partial charge on any atom is 0.339 e. The maximum absolute atomic E-state index is 11.3. The largest absolute Gasteiger partial charge is 0.496 e. The zero-order valence-electron chi connectivity index (χ0n) is 12.7. The van der Waals surface area contributed by atoms with Crippen LogP contribution in [0.2, 0.25) is 0 Å². The summed E-state index contributed by atoms with van der Waals surface area (Å²) in [4.78, 5) is 11.3. The number of carboxylic acids is 1. The van der Waals surface area contributed by atoms with Crippen molar-refractivity contribution in [3.8, 4) is 5.75 Å². The second-order valence-electron chi connectivity index (χ2n) is 6.84. The number of benzene rings is 1. The molecule has 1 N–H and O–H groups in total. The van der Waals surface area contributed by atoms with Gasteiger partial charge in [-0.25, -0.2) is 4.79 Å². The molecule has 0 bridgehead atoms. The zero-order chi connectivity index (χ0) is 14.8. The van der Waals surface area contributed by atoms with Crippen LogP contribution in [0.4, 0.5) is 0 Å². The van der Waals surface area contributed by atoms with Crippen molar-refractivity contribution >= 4 is 5.97 Å². The minimum absolute atomic E-state index is 0.0747. The summed E-state index contributed by atoms with van der Waals surface area (Å²) >= 11 is 0. The van der Waals surface area contributed by atoms with Gasteiger partial charge in [-0.15, -0.1) is 0 Å². The first-order valence-electron chi connectivity index (χ1n) is 6.49. The van der Waals surface area contributed by atoms with Gasteiger partial charge in [-0.05, 0) is 34.9 Å². The van der Waals surface area contributed by atoms with E-state index in [4.69, 9.17) is 4.74 Å². The molecule has 106 valence electrons. The van der Waals surface area contributed by atoms with E-state index in [1.807, 2.05) is 6.07 Å². The van der Waals surface area contributed by atoms with Gasteiger partial charge in [0.2, 0.25) is 0 Å². The van der Waals surface area contributed by atoms with Crippen LogP contribution in [0.3, 0.4) is 0 Å². The molecule has 1 aromatic carbocycles. The van der Waals surface area contributed by atoms with Gasteiger partial charge >= 0.3 is 5.97 Å². The van der Waals surface area contributed by atoms with Gasteiger partial charge in [0.15, 0.2) is 0 Å². The molecule has 0 aromatic heterocycles. The molecule has 3 heteroatoms. The van der Waals surface area contributed by atoms with E-state index < -0.39 is 5.97 Å². The van der Waals surface area contributed by atoms with Gasteiger partial charge in [0.1, 0.15) is 11.3 Å². The predicted molar refractivity (Wildman–Crippen MR) is 77.1 cm³/mol. The molecule has 1 rings (SSSR count). The number of hydrogen-bond donors (Lipinski definition) is 1. The van der Waals surface area contributed by atoms with E-state index in [1.165, 1.54) is 7.11 Å². The lowest BCUT2D eigenvalue weighted by Crippen LogP contribution is -2.25. The predicted octanol–water partition coefficient (Wildman–Crippen LogP) is 4.11. The molecular formula is C16H24O3. The Bertz CT molecular complexity index is 467. The summed E-state index contributed by atoms with van der Waals surface area (Å²) in [6.07, 6.45) is 0.978. The number of hydrogen-bond acceptors (Lipinski definition) is 2. The second-order valence-corrected chi connectivity index (χ2v) is 6.84. The first-order chi connectivity index (χ1) is 8.57. The molecule has 0 aliphatic rings. The summed E-state index contributed by atoms with van der Waals surface area (Å²) in [5.41, 5.74) is 1.37. The van der Waals surface area contributed by atoms with Gasteiger partial charge in [-0.1, -0.05) is 40.7 Å². The van der Waals surface area contributed by atoms with Gasteiger partial charge in [-0.2, -0.15) is 0 Å². The molecule has 0 spiro atoms. The van der Waals surface area contributed by atoms with Crippen LogP contribution in [0, 0.1) is 5.41 Å². The molecule has 0 amide bonds. The zero-order valence-corrected chi connectivity index (χ0v) is 12.7. The van der Waals surface area contributed by atoms with E-state index in [0.29, 0.717) is 5.75 Å². The van der Waals surface area contributed by atoms with Crippen LogP contribution in [0.15, 0.2) is 18.2 Å². The van der Waals surface area contributed by atoms with Crippen molar-refractivity contribution in [1.29, 1.82) is 0 Å². The Balaban J connectivity index is 3.21. The molecule has 0 saturated heterocycles. The van der Waals surface area contributed by atoms with Crippen LogP contribution < -0.4 is 4.74 Å². The summed E-state index contributed by atoms with van der Waals surface area (Å²) in [6, 6.07) is 5.42. The molecule has 0 unspecified atom stereocenters. The smallest absolute Gasteiger partial charge is 0.339 e. The van der Waals surface area contributed by atoms with E-state index in [-0.39, 0.29) is 16.4 Å². The molecular weight excluding hydrogens is 240 g/mol. The highest BCUT2D eigenvalue weighted by Gasteiger charge is 2.28. The number of methoxy groups -OCH3 is 1. The van der Waals surface area contributed by atoms with E-state index in [1.54, 1.807) is 12.1 Å². The standard InChI is InChI=1S/C16H24O3/c1-15(2,3)10-16(4,5)11-7-8-13(19-6)12(9-11)14(17)18/h7-9H,10H2,1-6H3,(H,17,18). The Morgan fingerprint density at radius 3 is 2.21 bits per heavy atom. The molecule has 0 aliphatic heterocycles. The lowest BCUT2D eigenvalue weighted by molar-refractivity contribution is 0.0693. The Labute approximate surface area is 115 Å². The number of carbonyl (C=O) groups is 1. The molecule has 0 heterocycles. The number of carboxylic acid groups (broad SMARTS) is 1. The maximum atomic E-state index is 11.3. The fourth-order valence-corrected chi connectivity index (χ4v) is 2.72. The molecule has 3 nitrogen and oxygen atoms in total. The Kier molecular flexibility index (Phi) is 4.28. The van der Waals surface area contributed by atoms with Crippen LogP contribution >= 0.6 is 0 Å². The van der Waals surface area contributed by atoms with Crippen LogP contribution in [-0.4, -0.2) is 18.2 Å². The Hall–Kier alpha value is -1.51. The van der Waals surface area contributed by atoms with Crippen molar-refractivity contribution in [1.82, 2.24) is 0 Å². The molecule has 0 fully saturated rings.